The first kappa shape index (κ1) is 12.0. The minimum absolute atomic E-state index is 0.410. The number of benzene rings is 1. The molecule has 2 aliphatic rings. The molecule has 2 heteroatoms. The van der Waals surface area contributed by atoms with Gasteiger partial charge in [0.15, 0.2) is 0 Å². The summed E-state index contributed by atoms with van der Waals surface area (Å²) in [6, 6.07) is 9.13. The van der Waals surface area contributed by atoms with Crippen LogP contribution in [-0.4, -0.2) is 18.6 Å². The van der Waals surface area contributed by atoms with Gasteiger partial charge in [-0.05, 0) is 56.7 Å². The standard InChI is InChI=1S/C16H24N2/c1-16(9-4-10-16)17-13-14-5-7-15(8-6-14)18-11-2-3-12-18/h5-8,17H,2-4,9-13H2,1H3. The van der Waals surface area contributed by atoms with Gasteiger partial charge in [0.05, 0.1) is 0 Å². The Bertz CT molecular complexity index is 386. The zero-order chi connectivity index (χ0) is 12.4. The van der Waals surface area contributed by atoms with Gasteiger partial charge < -0.3 is 10.2 Å². The van der Waals surface area contributed by atoms with E-state index in [0.717, 1.165) is 6.54 Å². The van der Waals surface area contributed by atoms with Gasteiger partial charge in [0.1, 0.15) is 0 Å². The Morgan fingerprint density at radius 2 is 1.72 bits per heavy atom. The van der Waals surface area contributed by atoms with E-state index in [9.17, 15) is 0 Å². The number of rotatable bonds is 4. The fourth-order valence-corrected chi connectivity index (χ4v) is 3.00. The third-order valence-corrected chi connectivity index (χ3v) is 4.58. The van der Waals surface area contributed by atoms with Crippen molar-refractivity contribution in [3.05, 3.63) is 29.8 Å². The summed E-state index contributed by atoms with van der Waals surface area (Å²) >= 11 is 0. The number of nitrogens with one attached hydrogen (secondary N) is 1. The van der Waals surface area contributed by atoms with Crippen LogP contribution in [0, 0.1) is 0 Å². The molecule has 1 aromatic rings. The quantitative estimate of drug-likeness (QED) is 0.874. The van der Waals surface area contributed by atoms with Crippen LogP contribution in [0.25, 0.3) is 0 Å². The van der Waals surface area contributed by atoms with E-state index in [-0.39, 0.29) is 0 Å². The van der Waals surface area contributed by atoms with Crippen LogP contribution < -0.4 is 10.2 Å². The first-order valence-electron chi connectivity index (χ1n) is 7.34. The molecule has 1 aliphatic heterocycles. The van der Waals surface area contributed by atoms with Crippen LogP contribution >= 0.6 is 0 Å². The highest BCUT2D eigenvalue weighted by molar-refractivity contribution is 5.48. The monoisotopic (exact) mass is 244 g/mol. The summed E-state index contributed by atoms with van der Waals surface area (Å²) < 4.78 is 0. The van der Waals surface area contributed by atoms with E-state index >= 15 is 0 Å². The molecule has 0 radical (unpaired) electrons. The van der Waals surface area contributed by atoms with Crippen molar-refractivity contribution in [3.8, 4) is 0 Å². The van der Waals surface area contributed by atoms with Crippen molar-refractivity contribution in [1.29, 1.82) is 0 Å². The third-order valence-electron chi connectivity index (χ3n) is 4.58. The minimum atomic E-state index is 0.410. The number of hydrogen-bond acceptors (Lipinski definition) is 2. The summed E-state index contributed by atoms with van der Waals surface area (Å²) in [5.74, 6) is 0. The second-order valence-corrected chi connectivity index (χ2v) is 6.13. The number of hydrogen-bond donors (Lipinski definition) is 1. The molecular formula is C16H24N2. The summed E-state index contributed by atoms with van der Waals surface area (Å²) in [5.41, 5.74) is 3.21. The fraction of sp³-hybridized carbons (Fsp3) is 0.625. The van der Waals surface area contributed by atoms with E-state index in [2.05, 4.69) is 41.4 Å². The Kier molecular flexibility index (Phi) is 3.29. The van der Waals surface area contributed by atoms with Gasteiger partial charge in [-0.25, -0.2) is 0 Å². The van der Waals surface area contributed by atoms with Gasteiger partial charge in [0, 0.05) is 30.9 Å². The summed E-state index contributed by atoms with van der Waals surface area (Å²) in [5, 5.41) is 3.69. The molecule has 1 aromatic carbocycles. The Labute approximate surface area is 110 Å². The molecular weight excluding hydrogens is 220 g/mol. The van der Waals surface area contributed by atoms with Crippen molar-refractivity contribution in [2.24, 2.45) is 0 Å². The van der Waals surface area contributed by atoms with Crippen LogP contribution in [0.4, 0.5) is 5.69 Å². The summed E-state index contributed by atoms with van der Waals surface area (Å²) in [7, 11) is 0. The van der Waals surface area contributed by atoms with Crippen LogP contribution in [0.1, 0.15) is 44.6 Å². The summed E-state index contributed by atoms with van der Waals surface area (Å²) in [6.45, 7) is 5.82. The number of anilines is 1. The Morgan fingerprint density at radius 3 is 2.28 bits per heavy atom. The molecule has 18 heavy (non-hydrogen) atoms. The molecule has 1 saturated carbocycles. The predicted octanol–water partition coefficient (Wildman–Crippen LogP) is 3.32. The molecule has 98 valence electrons. The Morgan fingerprint density at radius 1 is 1.06 bits per heavy atom. The number of nitrogens with zero attached hydrogens (tertiary/aromatic N) is 1. The van der Waals surface area contributed by atoms with Crippen LogP contribution in [0.15, 0.2) is 24.3 Å². The maximum absolute atomic E-state index is 3.69. The summed E-state index contributed by atoms with van der Waals surface area (Å²) in [4.78, 5) is 2.49. The van der Waals surface area contributed by atoms with Gasteiger partial charge in [0.2, 0.25) is 0 Å². The lowest BCUT2D eigenvalue weighted by molar-refractivity contribution is 0.207. The average Bonchev–Trinajstić information content (AvgIpc) is 2.88. The highest BCUT2D eigenvalue weighted by Gasteiger charge is 2.30. The third kappa shape index (κ3) is 2.54. The van der Waals surface area contributed by atoms with Crippen LogP contribution in [0.3, 0.4) is 0 Å². The highest BCUT2D eigenvalue weighted by atomic mass is 15.1. The molecule has 0 aromatic heterocycles. The van der Waals surface area contributed by atoms with Crippen LogP contribution in [-0.2, 0) is 6.54 Å². The molecule has 1 heterocycles. The minimum Gasteiger partial charge on any atom is -0.372 e. The molecule has 2 fully saturated rings. The molecule has 0 amide bonds. The molecule has 3 rings (SSSR count). The lowest BCUT2D eigenvalue weighted by atomic mass is 9.78. The van der Waals surface area contributed by atoms with E-state index in [1.165, 1.54) is 56.4 Å². The molecule has 0 unspecified atom stereocenters. The maximum Gasteiger partial charge on any atom is 0.0366 e. The van der Waals surface area contributed by atoms with E-state index in [4.69, 9.17) is 0 Å². The lowest BCUT2D eigenvalue weighted by Gasteiger charge is -2.39. The van der Waals surface area contributed by atoms with Crippen molar-refractivity contribution < 1.29 is 0 Å². The van der Waals surface area contributed by atoms with Crippen molar-refractivity contribution in [1.82, 2.24) is 5.32 Å². The highest BCUT2D eigenvalue weighted by Crippen LogP contribution is 2.31. The first-order valence-corrected chi connectivity index (χ1v) is 7.34. The zero-order valence-corrected chi connectivity index (χ0v) is 11.4. The molecule has 1 N–H and O–H groups in total. The Hall–Kier alpha value is -1.02. The van der Waals surface area contributed by atoms with Gasteiger partial charge >= 0.3 is 0 Å². The first-order chi connectivity index (χ1) is 8.75. The van der Waals surface area contributed by atoms with E-state index in [1.54, 1.807) is 0 Å². The van der Waals surface area contributed by atoms with Gasteiger partial charge in [-0.15, -0.1) is 0 Å². The van der Waals surface area contributed by atoms with Gasteiger partial charge in [0.25, 0.3) is 0 Å². The van der Waals surface area contributed by atoms with Crippen molar-refractivity contribution in [3.63, 3.8) is 0 Å². The van der Waals surface area contributed by atoms with Gasteiger partial charge in [-0.2, -0.15) is 0 Å². The van der Waals surface area contributed by atoms with Crippen molar-refractivity contribution in [2.75, 3.05) is 18.0 Å². The largest absolute Gasteiger partial charge is 0.372 e. The lowest BCUT2D eigenvalue weighted by Crippen LogP contribution is -2.47. The molecule has 0 bridgehead atoms. The molecule has 2 nitrogen and oxygen atoms in total. The smallest absolute Gasteiger partial charge is 0.0366 e. The topological polar surface area (TPSA) is 15.3 Å². The fourth-order valence-electron chi connectivity index (χ4n) is 3.00. The maximum atomic E-state index is 3.69. The van der Waals surface area contributed by atoms with Crippen molar-refractivity contribution >= 4 is 5.69 Å². The summed E-state index contributed by atoms with van der Waals surface area (Å²) in [6.07, 6.45) is 6.75. The van der Waals surface area contributed by atoms with Crippen LogP contribution in [0.5, 0.6) is 0 Å². The SMILES string of the molecule is CC1(NCc2ccc(N3CCCC3)cc2)CCC1. The van der Waals surface area contributed by atoms with Gasteiger partial charge in [-0.1, -0.05) is 12.1 Å². The molecule has 1 aliphatic carbocycles. The molecule has 0 atom stereocenters. The van der Waals surface area contributed by atoms with Gasteiger partial charge in [-0.3, -0.25) is 0 Å². The van der Waals surface area contributed by atoms with E-state index in [0.29, 0.717) is 5.54 Å². The zero-order valence-electron chi connectivity index (χ0n) is 11.4. The second kappa shape index (κ2) is 4.93. The average molecular weight is 244 g/mol. The Balaban J connectivity index is 1.57. The normalized spacial score (nSPS) is 21.9. The van der Waals surface area contributed by atoms with Crippen LogP contribution in [0.2, 0.25) is 0 Å². The predicted molar refractivity (Wildman–Crippen MR) is 77.0 cm³/mol. The van der Waals surface area contributed by atoms with E-state index < -0.39 is 0 Å². The second-order valence-electron chi connectivity index (χ2n) is 6.13. The van der Waals surface area contributed by atoms with E-state index in [1.807, 2.05) is 0 Å². The molecule has 1 saturated heterocycles. The molecule has 0 spiro atoms. The van der Waals surface area contributed by atoms with Crippen molar-refractivity contribution in [2.45, 2.75) is 51.1 Å².